The quantitative estimate of drug-likeness (QED) is 0.906. The molecule has 0 spiro atoms. The van der Waals surface area contributed by atoms with Crippen LogP contribution in [0.1, 0.15) is 55.6 Å². The summed E-state index contributed by atoms with van der Waals surface area (Å²) in [6.07, 6.45) is 1.71. The van der Waals surface area contributed by atoms with Crippen molar-refractivity contribution in [3.05, 3.63) is 40.1 Å². The van der Waals surface area contributed by atoms with Crippen LogP contribution in [0.4, 0.5) is 0 Å². The predicted octanol–water partition coefficient (Wildman–Crippen LogP) is 4.03. The third-order valence-corrected chi connectivity index (χ3v) is 3.64. The summed E-state index contributed by atoms with van der Waals surface area (Å²) in [7, 11) is 0. The van der Waals surface area contributed by atoms with E-state index in [1.54, 1.807) is 6.20 Å². The van der Waals surface area contributed by atoms with E-state index in [-0.39, 0.29) is 12.1 Å². The summed E-state index contributed by atoms with van der Waals surface area (Å²) in [6.45, 7) is 11.1. The Bertz CT molecular complexity index is 586. The third kappa shape index (κ3) is 2.76. The number of hydrogen-bond donors (Lipinski definition) is 1. The molecule has 110 valence electrons. The second kappa shape index (κ2) is 6.02. The van der Waals surface area contributed by atoms with Crippen molar-refractivity contribution in [2.24, 2.45) is 0 Å². The maximum atomic E-state index is 6.37. The predicted molar refractivity (Wildman–Crippen MR) is 81.3 cm³/mol. The van der Waals surface area contributed by atoms with Gasteiger partial charge in [0.05, 0.1) is 23.0 Å². The van der Waals surface area contributed by atoms with Crippen LogP contribution in [0.3, 0.4) is 0 Å². The van der Waals surface area contributed by atoms with E-state index in [9.17, 15) is 0 Å². The van der Waals surface area contributed by atoms with Gasteiger partial charge in [-0.1, -0.05) is 18.5 Å². The highest BCUT2D eigenvalue weighted by Gasteiger charge is 2.25. The lowest BCUT2D eigenvalue weighted by molar-refractivity contribution is 0.465. The van der Waals surface area contributed by atoms with Crippen LogP contribution in [0, 0.1) is 13.8 Å². The average molecular weight is 296 g/mol. The van der Waals surface area contributed by atoms with Crippen LogP contribution in [0.25, 0.3) is 0 Å². The largest absolute Gasteiger partial charge is 0.466 e. The molecule has 0 amide bonds. The molecule has 2 heterocycles. The molecule has 0 fully saturated rings. The van der Waals surface area contributed by atoms with Crippen molar-refractivity contribution in [1.82, 2.24) is 15.1 Å². The highest BCUT2D eigenvalue weighted by atomic mass is 35.5. The lowest BCUT2D eigenvalue weighted by atomic mass is 10.0. The number of aryl methyl sites for hydroxylation is 2. The summed E-state index contributed by atoms with van der Waals surface area (Å²) in [5.41, 5.74) is 2.11. The van der Waals surface area contributed by atoms with Crippen LogP contribution in [0.15, 0.2) is 16.7 Å². The Hall–Kier alpha value is -1.26. The van der Waals surface area contributed by atoms with E-state index in [1.165, 1.54) is 0 Å². The molecule has 5 heteroatoms. The van der Waals surface area contributed by atoms with E-state index in [0.29, 0.717) is 5.02 Å². The van der Waals surface area contributed by atoms with Crippen molar-refractivity contribution in [1.29, 1.82) is 0 Å². The first-order valence-corrected chi connectivity index (χ1v) is 7.36. The normalized spacial score (nSPS) is 13.2. The fourth-order valence-corrected chi connectivity index (χ4v) is 2.77. The van der Waals surface area contributed by atoms with Crippen LogP contribution < -0.4 is 5.32 Å². The maximum absolute atomic E-state index is 6.37. The van der Waals surface area contributed by atoms with Gasteiger partial charge in [0.15, 0.2) is 0 Å². The lowest BCUT2D eigenvalue weighted by Crippen LogP contribution is -2.26. The van der Waals surface area contributed by atoms with Gasteiger partial charge in [0, 0.05) is 11.6 Å². The SMILES string of the molecule is CCNC(c1cc(C)oc1C)c1c(Cl)cnn1C(C)C. The molecule has 0 bridgehead atoms. The average Bonchev–Trinajstić information content (AvgIpc) is 2.90. The van der Waals surface area contributed by atoms with Crippen molar-refractivity contribution >= 4 is 11.6 Å². The van der Waals surface area contributed by atoms with E-state index >= 15 is 0 Å². The first-order valence-electron chi connectivity index (χ1n) is 6.98. The lowest BCUT2D eigenvalue weighted by Gasteiger charge is -2.21. The van der Waals surface area contributed by atoms with Gasteiger partial charge in [-0.2, -0.15) is 5.10 Å². The molecule has 1 unspecified atom stereocenters. The third-order valence-electron chi connectivity index (χ3n) is 3.35. The fourth-order valence-electron chi connectivity index (χ4n) is 2.53. The van der Waals surface area contributed by atoms with Crippen LogP contribution in [-0.2, 0) is 0 Å². The summed E-state index contributed by atoms with van der Waals surface area (Å²) in [5.74, 6) is 1.83. The Morgan fingerprint density at radius 3 is 2.60 bits per heavy atom. The van der Waals surface area contributed by atoms with Gasteiger partial charge >= 0.3 is 0 Å². The molecule has 4 nitrogen and oxygen atoms in total. The minimum atomic E-state index is -0.00477. The molecular weight excluding hydrogens is 274 g/mol. The van der Waals surface area contributed by atoms with Gasteiger partial charge < -0.3 is 9.73 Å². The molecule has 2 aromatic rings. The van der Waals surface area contributed by atoms with Crippen LogP contribution in [0.2, 0.25) is 5.02 Å². The Labute approximate surface area is 125 Å². The van der Waals surface area contributed by atoms with Crippen LogP contribution in [-0.4, -0.2) is 16.3 Å². The van der Waals surface area contributed by atoms with E-state index in [1.807, 2.05) is 18.5 Å². The fraction of sp³-hybridized carbons (Fsp3) is 0.533. The molecule has 0 aromatic carbocycles. The van der Waals surface area contributed by atoms with E-state index in [0.717, 1.165) is 29.3 Å². The van der Waals surface area contributed by atoms with Gasteiger partial charge in [0.25, 0.3) is 0 Å². The second-order valence-electron chi connectivity index (χ2n) is 5.28. The number of hydrogen-bond acceptors (Lipinski definition) is 3. The number of aromatic nitrogens is 2. The Morgan fingerprint density at radius 1 is 1.40 bits per heavy atom. The molecule has 0 saturated carbocycles. The monoisotopic (exact) mass is 295 g/mol. The molecule has 0 radical (unpaired) electrons. The van der Waals surface area contributed by atoms with Gasteiger partial charge in [-0.05, 0) is 40.3 Å². The molecular formula is C15H22ClN3O. The number of nitrogens with zero attached hydrogens (tertiary/aromatic N) is 2. The van der Waals surface area contributed by atoms with Crippen molar-refractivity contribution < 1.29 is 4.42 Å². The Morgan fingerprint density at radius 2 is 2.10 bits per heavy atom. The minimum absolute atomic E-state index is 0.00477. The van der Waals surface area contributed by atoms with Crippen molar-refractivity contribution in [3.8, 4) is 0 Å². The zero-order valence-electron chi connectivity index (χ0n) is 12.7. The summed E-state index contributed by atoms with van der Waals surface area (Å²) in [6, 6.07) is 2.32. The van der Waals surface area contributed by atoms with Gasteiger partial charge in [-0.25, -0.2) is 0 Å². The van der Waals surface area contributed by atoms with Gasteiger partial charge in [0.2, 0.25) is 0 Å². The summed E-state index contributed by atoms with van der Waals surface area (Å²) in [4.78, 5) is 0. The Balaban J connectivity index is 2.54. The number of furan rings is 1. The number of halogens is 1. The van der Waals surface area contributed by atoms with E-state index in [2.05, 4.69) is 37.3 Å². The van der Waals surface area contributed by atoms with E-state index in [4.69, 9.17) is 16.0 Å². The Kier molecular flexibility index (Phi) is 4.55. The first-order chi connectivity index (χ1) is 9.45. The molecule has 0 aliphatic rings. The molecule has 0 aliphatic heterocycles. The van der Waals surface area contributed by atoms with Crippen LogP contribution in [0.5, 0.6) is 0 Å². The zero-order valence-corrected chi connectivity index (χ0v) is 13.5. The van der Waals surface area contributed by atoms with Gasteiger partial charge in [-0.15, -0.1) is 0 Å². The molecule has 2 aromatic heterocycles. The molecule has 2 rings (SSSR count). The standard InChI is InChI=1S/C15H22ClN3O/c1-6-17-14(12-7-10(4)20-11(12)5)15-13(16)8-18-19(15)9(2)3/h7-9,14,17H,6H2,1-5H3. The topological polar surface area (TPSA) is 43.0 Å². The zero-order chi connectivity index (χ0) is 14.9. The van der Waals surface area contributed by atoms with Crippen molar-refractivity contribution in [2.45, 2.75) is 46.7 Å². The van der Waals surface area contributed by atoms with Gasteiger partial charge in [-0.3, -0.25) is 4.68 Å². The molecule has 1 N–H and O–H groups in total. The van der Waals surface area contributed by atoms with Crippen molar-refractivity contribution in [3.63, 3.8) is 0 Å². The molecule has 0 saturated heterocycles. The summed E-state index contributed by atoms with van der Waals surface area (Å²) < 4.78 is 7.64. The number of rotatable bonds is 5. The smallest absolute Gasteiger partial charge is 0.106 e. The molecule has 0 aliphatic carbocycles. The highest BCUT2D eigenvalue weighted by molar-refractivity contribution is 6.31. The van der Waals surface area contributed by atoms with Crippen molar-refractivity contribution in [2.75, 3.05) is 6.54 Å². The molecule has 1 atom stereocenters. The minimum Gasteiger partial charge on any atom is -0.466 e. The van der Waals surface area contributed by atoms with Gasteiger partial charge in [0.1, 0.15) is 11.5 Å². The van der Waals surface area contributed by atoms with Crippen LogP contribution >= 0.6 is 11.6 Å². The van der Waals surface area contributed by atoms with E-state index < -0.39 is 0 Å². The number of nitrogens with one attached hydrogen (secondary N) is 1. The highest BCUT2D eigenvalue weighted by Crippen LogP contribution is 2.33. The first kappa shape index (κ1) is 15.1. The second-order valence-corrected chi connectivity index (χ2v) is 5.68. The summed E-state index contributed by atoms with van der Waals surface area (Å²) >= 11 is 6.37. The summed E-state index contributed by atoms with van der Waals surface area (Å²) in [5, 5.41) is 8.56. The maximum Gasteiger partial charge on any atom is 0.106 e. The molecule has 20 heavy (non-hydrogen) atoms.